The molecule has 0 atom stereocenters. The van der Waals surface area contributed by atoms with Crippen molar-refractivity contribution in [3.05, 3.63) is 58.6 Å². The van der Waals surface area contributed by atoms with Crippen LogP contribution in [0.25, 0.3) is 0 Å². The van der Waals surface area contributed by atoms with Crippen molar-refractivity contribution in [2.75, 3.05) is 25.0 Å². The second kappa shape index (κ2) is 7.67. The fourth-order valence-electron chi connectivity index (χ4n) is 2.73. The van der Waals surface area contributed by atoms with E-state index in [1.807, 2.05) is 6.92 Å². The third-order valence-electron chi connectivity index (χ3n) is 4.17. The van der Waals surface area contributed by atoms with Crippen LogP contribution in [0.5, 0.6) is 0 Å². The first-order chi connectivity index (χ1) is 12.8. The maximum absolute atomic E-state index is 12.8. The van der Waals surface area contributed by atoms with Crippen LogP contribution < -0.4 is 10.6 Å². The zero-order valence-electron chi connectivity index (χ0n) is 14.5. The average molecular weight is 408 g/mol. The Bertz CT molecular complexity index is 1010. The van der Waals surface area contributed by atoms with Gasteiger partial charge in [0.1, 0.15) is 0 Å². The van der Waals surface area contributed by atoms with Crippen LogP contribution in [0.3, 0.4) is 0 Å². The first-order valence-electron chi connectivity index (χ1n) is 8.22. The number of sulfonamides is 1. The summed E-state index contributed by atoms with van der Waals surface area (Å²) in [4.78, 5) is 24.0. The Balaban J connectivity index is 1.84. The largest absolute Gasteiger partial charge is 0.354 e. The van der Waals surface area contributed by atoms with Crippen molar-refractivity contribution in [3.63, 3.8) is 0 Å². The lowest BCUT2D eigenvalue weighted by Gasteiger charge is -2.26. The van der Waals surface area contributed by atoms with E-state index in [0.717, 1.165) is 9.87 Å². The molecule has 0 bridgehead atoms. The number of hydrogen-bond acceptors (Lipinski definition) is 4. The highest BCUT2D eigenvalue weighted by Gasteiger charge is 2.29. The topological polar surface area (TPSA) is 95.6 Å². The number of carbonyl (C=O) groups excluding carboxylic acids is 2. The zero-order valence-corrected chi connectivity index (χ0v) is 16.1. The average Bonchev–Trinajstić information content (AvgIpc) is 2.64. The minimum absolute atomic E-state index is 0.0299. The molecular formula is C18H18ClN3O4S. The van der Waals surface area contributed by atoms with E-state index in [9.17, 15) is 18.0 Å². The van der Waals surface area contributed by atoms with E-state index in [2.05, 4.69) is 10.6 Å². The number of nitrogens with one attached hydrogen (secondary N) is 2. The number of aryl methyl sites for hydroxylation is 1. The van der Waals surface area contributed by atoms with Gasteiger partial charge in [0.05, 0.1) is 11.4 Å². The maximum atomic E-state index is 12.8. The van der Waals surface area contributed by atoms with Crippen LogP contribution in [-0.4, -0.2) is 44.2 Å². The van der Waals surface area contributed by atoms with Crippen molar-refractivity contribution >= 4 is 39.1 Å². The fraction of sp³-hybridized carbons (Fsp3) is 0.222. The lowest BCUT2D eigenvalue weighted by molar-refractivity contribution is -0.122. The molecule has 0 spiro atoms. The molecule has 7 nitrogen and oxygen atoms in total. The van der Waals surface area contributed by atoms with Gasteiger partial charge in [-0.1, -0.05) is 17.7 Å². The van der Waals surface area contributed by atoms with Gasteiger partial charge in [-0.25, -0.2) is 8.42 Å². The Labute approximate surface area is 162 Å². The smallest absolute Gasteiger partial charge is 0.255 e. The predicted octanol–water partition coefficient (Wildman–Crippen LogP) is 2.02. The van der Waals surface area contributed by atoms with Crippen molar-refractivity contribution < 1.29 is 18.0 Å². The Morgan fingerprint density at radius 1 is 1.22 bits per heavy atom. The van der Waals surface area contributed by atoms with Gasteiger partial charge < -0.3 is 10.6 Å². The summed E-state index contributed by atoms with van der Waals surface area (Å²) in [6.07, 6.45) is 0. The number of rotatable bonds is 4. The quantitative estimate of drug-likeness (QED) is 0.810. The highest BCUT2D eigenvalue weighted by atomic mass is 35.5. The summed E-state index contributed by atoms with van der Waals surface area (Å²) in [6.45, 7) is 2.02. The molecule has 2 amide bonds. The second-order valence-electron chi connectivity index (χ2n) is 6.13. The van der Waals surface area contributed by atoms with Crippen LogP contribution in [0.1, 0.15) is 15.9 Å². The third-order valence-corrected chi connectivity index (χ3v) is 6.25. The van der Waals surface area contributed by atoms with Gasteiger partial charge in [-0.3, -0.25) is 9.59 Å². The van der Waals surface area contributed by atoms with Crippen molar-refractivity contribution in [1.82, 2.24) is 9.62 Å². The number of carbonyl (C=O) groups is 2. The normalized spacial score (nSPS) is 15.3. The summed E-state index contributed by atoms with van der Waals surface area (Å²) < 4.78 is 26.6. The number of hydrogen-bond donors (Lipinski definition) is 2. The molecule has 1 heterocycles. The number of halogens is 1. The molecule has 2 aromatic rings. The number of piperazine rings is 1. The lowest BCUT2D eigenvalue weighted by atomic mass is 10.1. The van der Waals surface area contributed by atoms with Crippen LogP contribution in [0.4, 0.5) is 5.69 Å². The number of nitrogens with zero attached hydrogens (tertiary/aromatic N) is 1. The van der Waals surface area contributed by atoms with Gasteiger partial charge in [0.15, 0.2) is 0 Å². The van der Waals surface area contributed by atoms with Crippen LogP contribution in [0.2, 0.25) is 5.02 Å². The first kappa shape index (κ1) is 19.3. The van der Waals surface area contributed by atoms with Gasteiger partial charge >= 0.3 is 0 Å². The SMILES string of the molecule is Cc1cc(Cl)ccc1NC(=O)c1cccc(S(=O)(=O)N2CCNC(=O)C2)c1. The van der Waals surface area contributed by atoms with Gasteiger partial charge in [-0.05, 0) is 48.9 Å². The van der Waals surface area contributed by atoms with E-state index < -0.39 is 15.9 Å². The standard InChI is InChI=1S/C18H18ClN3O4S/c1-12-9-14(19)5-6-16(12)21-18(24)13-3-2-4-15(10-13)27(25,26)22-8-7-20-17(23)11-22/h2-6,9-10H,7-8,11H2,1H3,(H,20,23)(H,21,24). The van der Waals surface area contributed by atoms with Crippen LogP contribution in [0, 0.1) is 6.92 Å². The Morgan fingerprint density at radius 2 is 2.00 bits per heavy atom. The zero-order chi connectivity index (χ0) is 19.6. The molecule has 0 aromatic heterocycles. The minimum atomic E-state index is -3.86. The Kier molecular flexibility index (Phi) is 5.50. The summed E-state index contributed by atoms with van der Waals surface area (Å²) in [5.41, 5.74) is 1.58. The minimum Gasteiger partial charge on any atom is -0.354 e. The van der Waals surface area contributed by atoms with Crippen LogP contribution in [0.15, 0.2) is 47.4 Å². The van der Waals surface area contributed by atoms with Gasteiger partial charge in [0.2, 0.25) is 15.9 Å². The van der Waals surface area contributed by atoms with E-state index in [1.165, 1.54) is 24.3 Å². The summed E-state index contributed by atoms with van der Waals surface area (Å²) in [7, 11) is -3.86. The molecule has 2 N–H and O–H groups in total. The molecule has 1 aliphatic rings. The van der Waals surface area contributed by atoms with Crippen LogP contribution >= 0.6 is 11.6 Å². The lowest BCUT2D eigenvalue weighted by Crippen LogP contribution is -2.49. The number of amides is 2. The molecular weight excluding hydrogens is 390 g/mol. The molecule has 9 heteroatoms. The van der Waals surface area contributed by atoms with Crippen molar-refractivity contribution in [1.29, 1.82) is 0 Å². The molecule has 3 rings (SSSR count). The summed E-state index contributed by atoms with van der Waals surface area (Å²) in [6, 6.07) is 10.8. The predicted molar refractivity (Wildman–Crippen MR) is 102 cm³/mol. The molecule has 1 saturated heterocycles. The summed E-state index contributed by atoms with van der Waals surface area (Å²) >= 11 is 5.91. The maximum Gasteiger partial charge on any atom is 0.255 e. The molecule has 2 aromatic carbocycles. The van der Waals surface area contributed by atoms with Crippen molar-refractivity contribution in [2.45, 2.75) is 11.8 Å². The Morgan fingerprint density at radius 3 is 2.70 bits per heavy atom. The molecule has 1 aliphatic heterocycles. The van der Waals surface area contributed by atoms with E-state index >= 15 is 0 Å². The summed E-state index contributed by atoms with van der Waals surface area (Å²) in [5, 5.41) is 5.89. The Hall–Kier alpha value is -2.42. The van der Waals surface area contributed by atoms with E-state index in [-0.39, 0.29) is 36.0 Å². The highest BCUT2D eigenvalue weighted by Crippen LogP contribution is 2.22. The van der Waals surface area contributed by atoms with Gasteiger partial charge in [0.25, 0.3) is 5.91 Å². The molecule has 0 radical (unpaired) electrons. The number of anilines is 1. The molecule has 0 unspecified atom stereocenters. The fourth-order valence-corrected chi connectivity index (χ4v) is 4.40. The van der Waals surface area contributed by atoms with Crippen molar-refractivity contribution in [2.24, 2.45) is 0 Å². The van der Waals surface area contributed by atoms with E-state index in [4.69, 9.17) is 11.6 Å². The van der Waals surface area contributed by atoms with Gasteiger partial charge in [-0.2, -0.15) is 4.31 Å². The van der Waals surface area contributed by atoms with Gasteiger partial charge in [-0.15, -0.1) is 0 Å². The van der Waals surface area contributed by atoms with Gasteiger partial charge in [0, 0.05) is 29.4 Å². The van der Waals surface area contributed by atoms with Crippen molar-refractivity contribution in [3.8, 4) is 0 Å². The molecule has 0 aliphatic carbocycles. The first-order valence-corrected chi connectivity index (χ1v) is 10.0. The van der Waals surface area contributed by atoms with Crippen LogP contribution in [-0.2, 0) is 14.8 Å². The van der Waals surface area contributed by atoms with E-state index in [1.54, 1.807) is 18.2 Å². The monoisotopic (exact) mass is 407 g/mol. The second-order valence-corrected chi connectivity index (χ2v) is 8.50. The molecule has 142 valence electrons. The molecule has 1 fully saturated rings. The highest BCUT2D eigenvalue weighted by molar-refractivity contribution is 7.89. The molecule has 27 heavy (non-hydrogen) atoms. The third kappa shape index (κ3) is 4.29. The van der Waals surface area contributed by atoms with E-state index in [0.29, 0.717) is 10.7 Å². The molecule has 0 saturated carbocycles. The number of benzene rings is 2. The summed E-state index contributed by atoms with van der Waals surface area (Å²) in [5.74, 6) is -0.786.